The second-order valence-electron chi connectivity index (χ2n) is 6.53. The third kappa shape index (κ3) is 7.02. The average Bonchev–Trinajstić information content (AvgIpc) is 3.12. The summed E-state index contributed by atoms with van der Waals surface area (Å²) in [6.07, 6.45) is 1.63. The molecule has 0 aromatic rings. The van der Waals surface area contributed by atoms with Gasteiger partial charge in [0.15, 0.2) is 5.96 Å². The number of nitrogens with one attached hydrogen (secondary N) is 2. The highest BCUT2D eigenvalue weighted by molar-refractivity contribution is 5.93. The summed E-state index contributed by atoms with van der Waals surface area (Å²) in [7, 11) is 0. The number of aliphatic imine (C=N–C) groups is 1. The second kappa shape index (κ2) is 11.1. The van der Waals surface area contributed by atoms with E-state index in [2.05, 4.69) is 15.6 Å². The highest BCUT2D eigenvalue weighted by atomic mass is 16.4. The summed E-state index contributed by atoms with van der Waals surface area (Å²) < 4.78 is 0. The molecule has 1 heterocycles. The molecule has 0 aromatic heterocycles. The number of carbonyl (C=O) groups excluding carboxylic acids is 3. The number of rotatable bonds is 10. The van der Waals surface area contributed by atoms with Crippen molar-refractivity contribution in [2.45, 2.75) is 50.7 Å². The van der Waals surface area contributed by atoms with Crippen LogP contribution in [0.1, 0.15) is 32.6 Å². The molecule has 0 aromatic carbocycles. The Bertz CT molecular complexity index is 621. The van der Waals surface area contributed by atoms with Gasteiger partial charge in [-0.25, -0.2) is 4.79 Å². The van der Waals surface area contributed by atoms with Crippen LogP contribution >= 0.6 is 0 Å². The second-order valence-corrected chi connectivity index (χ2v) is 6.53. The Hall–Kier alpha value is -2.89. The molecule has 0 spiro atoms. The van der Waals surface area contributed by atoms with Gasteiger partial charge >= 0.3 is 5.97 Å². The van der Waals surface area contributed by atoms with Crippen LogP contribution in [0.2, 0.25) is 0 Å². The van der Waals surface area contributed by atoms with Gasteiger partial charge in [-0.05, 0) is 32.6 Å². The molecule has 1 saturated heterocycles. The predicted octanol–water partition coefficient (Wildman–Crippen LogP) is -2.94. The van der Waals surface area contributed by atoms with Crippen molar-refractivity contribution in [1.29, 1.82) is 0 Å². The quantitative estimate of drug-likeness (QED) is 0.127. The number of aliphatic carboxylic acids is 1. The van der Waals surface area contributed by atoms with Crippen molar-refractivity contribution in [3.63, 3.8) is 0 Å². The van der Waals surface area contributed by atoms with E-state index in [4.69, 9.17) is 17.2 Å². The third-order valence-electron chi connectivity index (χ3n) is 4.36. The number of amides is 3. The minimum Gasteiger partial charge on any atom is -0.480 e. The molecule has 1 rings (SSSR count). The summed E-state index contributed by atoms with van der Waals surface area (Å²) in [5.74, 6) is -2.74. The fourth-order valence-corrected chi connectivity index (χ4v) is 2.89. The van der Waals surface area contributed by atoms with Crippen LogP contribution in [0.15, 0.2) is 4.99 Å². The molecule has 0 bridgehead atoms. The minimum absolute atomic E-state index is 0.0960. The Morgan fingerprint density at radius 3 is 2.50 bits per heavy atom. The lowest BCUT2D eigenvalue weighted by Crippen LogP contribution is -2.54. The summed E-state index contributed by atoms with van der Waals surface area (Å²) in [5.41, 5.74) is 15.7. The largest absolute Gasteiger partial charge is 0.480 e. The standard InChI is InChI=1S/C16H29N7O5/c1-9(21-14(26)11-5-3-7-23(11)12(24)8-17)13(25)22-10(15(27)28)4-2-6-20-16(18)19/h9-11H,2-8,17H2,1H3,(H,21,26)(H,22,25)(H,27,28)(H4,18,19,20). The lowest BCUT2D eigenvalue weighted by Gasteiger charge is -2.25. The molecular weight excluding hydrogens is 370 g/mol. The Labute approximate surface area is 162 Å². The van der Waals surface area contributed by atoms with Crippen LogP contribution in [-0.2, 0) is 19.2 Å². The lowest BCUT2D eigenvalue weighted by molar-refractivity contribution is -0.142. The van der Waals surface area contributed by atoms with Gasteiger partial charge in [-0.3, -0.25) is 19.4 Å². The van der Waals surface area contributed by atoms with Crippen molar-refractivity contribution >= 4 is 29.7 Å². The molecule has 1 aliphatic rings. The molecule has 12 nitrogen and oxygen atoms in total. The summed E-state index contributed by atoms with van der Waals surface area (Å²) in [6, 6.07) is -2.79. The first-order valence-electron chi connectivity index (χ1n) is 9.05. The molecule has 158 valence electrons. The third-order valence-corrected chi connectivity index (χ3v) is 4.36. The van der Waals surface area contributed by atoms with Crippen molar-refractivity contribution < 1.29 is 24.3 Å². The van der Waals surface area contributed by atoms with Crippen LogP contribution in [0.5, 0.6) is 0 Å². The van der Waals surface area contributed by atoms with Gasteiger partial charge in [0.2, 0.25) is 17.7 Å². The zero-order valence-corrected chi connectivity index (χ0v) is 15.9. The fraction of sp³-hybridized carbons (Fsp3) is 0.688. The number of carboxylic acid groups (broad SMARTS) is 1. The molecular formula is C16H29N7O5. The highest BCUT2D eigenvalue weighted by Gasteiger charge is 2.34. The number of nitrogens with zero attached hydrogens (tertiary/aromatic N) is 2. The Balaban J connectivity index is 2.57. The summed E-state index contributed by atoms with van der Waals surface area (Å²) in [5, 5.41) is 14.2. The Kier molecular flexibility index (Phi) is 9.15. The number of guanidine groups is 1. The maximum Gasteiger partial charge on any atom is 0.326 e. The zero-order chi connectivity index (χ0) is 21.3. The topological polar surface area (TPSA) is 206 Å². The summed E-state index contributed by atoms with van der Waals surface area (Å²) >= 11 is 0. The van der Waals surface area contributed by atoms with Gasteiger partial charge < -0.3 is 37.8 Å². The summed E-state index contributed by atoms with van der Waals surface area (Å²) in [4.78, 5) is 52.9. The first kappa shape index (κ1) is 23.1. The molecule has 0 saturated carbocycles. The molecule has 0 radical (unpaired) electrons. The minimum atomic E-state index is -1.20. The first-order valence-corrected chi connectivity index (χ1v) is 9.05. The van der Waals surface area contributed by atoms with Crippen molar-refractivity contribution in [3.8, 4) is 0 Å². The number of carboxylic acids is 1. The number of hydrogen-bond acceptors (Lipinski definition) is 6. The molecule has 12 heteroatoms. The molecule has 3 atom stereocenters. The van der Waals surface area contributed by atoms with E-state index < -0.39 is 35.9 Å². The van der Waals surface area contributed by atoms with Gasteiger partial charge in [-0.15, -0.1) is 0 Å². The van der Waals surface area contributed by atoms with Gasteiger partial charge in [0, 0.05) is 13.1 Å². The smallest absolute Gasteiger partial charge is 0.326 e. The van der Waals surface area contributed by atoms with Crippen molar-refractivity contribution in [3.05, 3.63) is 0 Å². The van der Waals surface area contributed by atoms with Crippen molar-refractivity contribution in [1.82, 2.24) is 15.5 Å². The lowest BCUT2D eigenvalue weighted by atomic mass is 10.1. The Morgan fingerprint density at radius 1 is 1.25 bits per heavy atom. The van der Waals surface area contributed by atoms with E-state index in [0.29, 0.717) is 25.8 Å². The first-order chi connectivity index (χ1) is 13.2. The predicted molar refractivity (Wildman–Crippen MR) is 101 cm³/mol. The van der Waals surface area contributed by atoms with Gasteiger partial charge in [0.1, 0.15) is 18.1 Å². The van der Waals surface area contributed by atoms with E-state index in [1.807, 2.05) is 0 Å². The van der Waals surface area contributed by atoms with Crippen LogP contribution in [0.25, 0.3) is 0 Å². The van der Waals surface area contributed by atoms with Crippen LogP contribution in [0.4, 0.5) is 0 Å². The summed E-state index contributed by atoms with van der Waals surface area (Å²) in [6.45, 7) is 1.92. The van der Waals surface area contributed by atoms with Crippen LogP contribution in [-0.4, -0.2) is 77.4 Å². The average molecular weight is 399 g/mol. The van der Waals surface area contributed by atoms with E-state index in [0.717, 1.165) is 0 Å². The zero-order valence-electron chi connectivity index (χ0n) is 15.9. The number of carbonyl (C=O) groups is 4. The fourth-order valence-electron chi connectivity index (χ4n) is 2.89. The van der Waals surface area contributed by atoms with Gasteiger partial charge in [-0.2, -0.15) is 0 Å². The number of hydrogen-bond donors (Lipinski definition) is 6. The molecule has 28 heavy (non-hydrogen) atoms. The van der Waals surface area contributed by atoms with Gasteiger partial charge in [0.05, 0.1) is 6.54 Å². The van der Waals surface area contributed by atoms with E-state index >= 15 is 0 Å². The molecule has 9 N–H and O–H groups in total. The highest BCUT2D eigenvalue weighted by Crippen LogP contribution is 2.17. The molecule has 3 amide bonds. The Morgan fingerprint density at radius 2 is 1.93 bits per heavy atom. The normalized spacial score (nSPS) is 18.1. The maximum atomic E-state index is 12.4. The molecule has 1 fully saturated rings. The van der Waals surface area contributed by atoms with Crippen molar-refractivity contribution in [2.24, 2.45) is 22.2 Å². The number of nitrogens with two attached hydrogens (primary N) is 3. The van der Waals surface area contributed by atoms with E-state index in [1.165, 1.54) is 11.8 Å². The molecule has 3 unspecified atom stereocenters. The maximum absolute atomic E-state index is 12.4. The van der Waals surface area contributed by atoms with Gasteiger partial charge in [0.25, 0.3) is 0 Å². The van der Waals surface area contributed by atoms with Crippen LogP contribution in [0.3, 0.4) is 0 Å². The van der Waals surface area contributed by atoms with Crippen LogP contribution < -0.4 is 27.8 Å². The SMILES string of the molecule is CC(NC(=O)C1CCCN1C(=O)CN)C(=O)NC(CCCN=C(N)N)C(=O)O. The van der Waals surface area contributed by atoms with Gasteiger partial charge in [-0.1, -0.05) is 0 Å². The molecule has 1 aliphatic heterocycles. The van der Waals surface area contributed by atoms with E-state index in [9.17, 15) is 24.3 Å². The monoisotopic (exact) mass is 399 g/mol. The van der Waals surface area contributed by atoms with E-state index in [1.54, 1.807) is 0 Å². The number of likely N-dealkylation sites (tertiary alicyclic amines) is 1. The van der Waals surface area contributed by atoms with Crippen molar-refractivity contribution in [2.75, 3.05) is 19.6 Å². The van der Waals surface area contributed by atoms with Crippen LogP contribution in [0, 0.1) is 0 Å². The molecule has 0 aliphatic carbocycles. The van der Waals surface area contributed by atoms with E-state index in [-0.39, 0.29) is 31.4 Å².